The van der Waals surface area contributed by atoms with Crippen LogP contribution < -0.4 is 0 Å². The summed E-state index contributed by atoms with van der Waals surface area (Å²) in [5.74, 6) is 0. The Morgan fingerprint density at radius 3 is 2.88 bits per heavy atom. The van der Waals surface area contributed by atoms with Gasteiger partial charge in [0.05, 0.1) is 0 Å². The molecule has 0 aromatic heterocycles. The van der Waals surface area contributed by atoms with Gasteiger partial charge in [-0.05, 0) is 30.4 Å². The molecule has 0 unspecified atom stereocenters. The highest BCUT2D eigenvalue weighted by molar-refractivity contribution is 5.49. The van der Waals surface area contributed by atoms with Crippen LogP contribution in [-0.2, 0) is 0 Å². The molecule has 1 saturated heterocycles. The highest BCUT2D eigenvalue weighted by atomic mass is 15.2. The standard InChI is InChI=1S/C15H19N/c1-11-4-5-12-6-8-15(2,3)10-13-7-9-16(11)14(12)13/h6,8,10H,1,4-5,7,9H2,2-3H3. The van der Waals surface area contributed by atoms with E-state index in [1.807, 2.05) is 0 Å². The molecule has 0 spiro atoms. The minimum Gasteiger partial charge on any atom is -0.345 e. The van der Waals surface area contributed by atoms with Crippen molar-refractivity contribution in [3.63, 3.8) is 0 Å². The van der Waals surface area contributed by atoms with Gasteiger partial charge in [0, 0.05) is 23.4 Å². The maximum atomic E-state index is 4.19. The second kappa shape index (κ2) is 3.13. The number of hydrogen-bond acceptors (Lipinski definition) is 1. The molecule has 0 amide bonds. The maximum absolute atomic E-state index is 4.19. The van der Waals surface area contributed by atoms with Crippen LogP contribution in [0.25, 0.3) is 0 Å². The molecule has 0 aromatic rings. The number of rotatable bonds is 0. The van der Waals surface area contributed by atoms with Crippen molar-refractivity contribution in [2.24, 2.45) is 5.41 Å². The van der Waals surface area contributed by atoms with Crippen LogP contribution in [0, 0.1) is 5.41 Å². The van der Waals surface area contributed by atoms with Crippen LogP contribution in [0.2, 0.25) is 0 Å². The molecule has 0 radical (unpaired) electrons. The van der Waals surface area contributed by atoms with Crippen molar-refractivity contribution in [1.82, 2.24) is 4.90 Å². The summed E-state index contributed by atoms with van der Waals surface area (Å²) in [4.78, 5) is 2.43. The third kappa shape index (κ3) is 1.38. The van der Waals surface area contributed by atoms with Crippen molar-refractivity contribution >= 4 is 0 Å². The van der Waals surface area contributed by atoms with E-state index in [0.717, 1.165) is 19.4 Å². The third-order valence-electron chi connectivity index (χ3n) is 3.81. The van der Waals surface area contributed by atoms with Gasteiger partial charge in [-0.1, -0.05) is 38.7 Å². The topological polar surface area (TPSA) is 3.24 Å². The molecular weight excluding hydrogens is 194 g/mol. The molecule has 0 bridgehead atoms. The van der Waals surface area contributed by atoms with Crippen LogP contribution in [0.3, 0.4) is 0 Å². The second-order valence-corrected chi connectivity index (χ2v) is 5.67. The molecule has 1 nitrogen and oxygen atoms in total. The average Bonchev–Trinajstić information content (AvgIpc) is 2.56. The minimum atomic E-state index is 0.198. The van der Waals surface area contributed by atoms with Gasteiger partial charge >= 0.3 is 0 Å². The van der Waals surface area contributed by atoms with Crippen LogP contribution in [-0.4, -0.2) is 11.4 Å². The van der Waals surface area contributed by atoms with Crippen molar-refractivity contribution in [3.8, 4) is 0 Å². The van der Waals surface area contributed by atoms with Crippen LogP contribution >= 0.6 is 0 Å². The van der Waals surface area contributed by atoms with Crippen molar-refractivity contribution in [2.45, 2.75) is 33.1 Å². The Hall–Kier alpha value is -1.24. The first-order chi connectivity index (χ1) is 7.57. The smallest absolute Gasteiger partial charge is 0.0471 e. The highest BCUT2D eigenvalue weighted by Crippen LogP contribution is 2.43. The zero-order valence-electron chi connectivity index (χ0n) is 10.2. The average molecular weight is 213 g/mol. The van der Waals surface area contributed by atoms with Crippen LogP contribution in [0.1, 0.15) is 33.1 Å². The van der Waals surface area contributed by atoms with E-state index in [1.54, 1.807) is 0 Å². The lowest BCUT2D eigenvalue weighted by molar-refractivity contribution is 0.447. The van der Waals surface area contributed by atoms with Gasteiger partial charge in [0.2, 0.25) is 0 Å². The Morgan fingerprint density at radius 2 is 2.06 bits per heavy atom. The van der Waals surface area contributed by atoms with E-state index in [0.29, 0.717) is 0 Å². The molecule has 2 heterocycles. The number of hydrogen-bond donors (Lipinski definition) is 0. The Bertz CT molecular complexity index is 446. The summed E-state index contributed by atoms with van der Waals surface area (Å²) >= 11 is 0. The monoisotopic (exact) mass is 213 g/mol. The van der Waals surface area contributed by atoms with E-state index in [9.17, 15) is 0 Å². The van der Waals surface area contributed by atoms with E-state index >= 15 is 0 Å². The molecule has 0 aromatic carbocycles. The normalized spacial score (nSPS) is 26.8. The van der Waals surface area contributed by atoms with Gasteiger partial charge in [0.25, 0.3) is 0 Å². The largest absolute Gasteiger partial charge is 0.345 e. The molecule has 0 saturated carbocycles. The first kappa shape index (κ1) is 9.95. The highest BCUT2D eigenvalue weighted by Gasteiger charge is 2.32. The van der Waals surface area contributed by atoms with Crippen molar-refractivity contribution < 1.29 is 0 Å². The molecule has 1 fully saturated rings. The zero-order chi connectivity index (χ0) is 11.3. The molecular formula is C15H19N. The molecule has 16 heavy (non-hydrogen) atoms. The van der Waals surface area contributed by atoms with Gasteiger partial charge in [-0.15, -0.1) is 0 Å². The third-order valence-corrected chi connectivity index (χ3v) is 3.81. The Balaban J connectivity index is 2.16. The molecule has 3 aliphatic rings. The van der Waals surface area contributed by atoms with Crippen LogP contribution in [0.15, 0.2) is 47.3 Å². The van der Waals surface area contributed by atoms with E-state index in [1.165, 1.54) is 29.0 Å². The predicted octanol–water partition coefficient (Wildman–Crippen LogP) is 3.78. The van der Waals surface area contributed by atoms with E-state index in [2.05, 4.69) is 43.6 Å². The van der Waals surface area contributed by atoms with Crippen molar-refractivity contribution in [2.75, 3.05) is 6.54 Å². The summed E-state index contributed by atoms with van der Waals surface area (Å²) in [6.07, 6.45) is 10.6. The quantitative estimate of drug-likeness (QED) is 0.592. The van der Waals surface area contributed by atoms with E-state index in [-0.39, 0.29) is 5.41 Å². The fourth-order valence-electron chi connectivity index (χ4n) is 2.98. The van der Waals surface area contributed by atoms with E-state index in [4.69, 9.17) is 0 Å². The first-order valence-corrected chi connectivity index (χ1v) is 6.17. The maximum Gasteiger partial charge on any atom is 0.0471 e. The van der Waals surface area contributed by atoms with Crippen LogP contribution in [0.4, 0.5) is 0 Å². The minimum absolute atomic E-state index is 0.198. The second-order valence-electron chi connectivity index (χ2n) is 5.67. The summed E-state index contributed by atoms with van der Waals surface area (Å²) in [6, 6.07) is 0. The van der Waals surface area contributed by atoms with Crippen molar-refractivity contribution in [3.05, 3.63) is 47.3 Å². The lowest BCUT2D eigenvalue weighted by Crippen LogP contribution is -2.21. The van der Waals surface area contributed by atoms with Gasteiger partial charge in [-0.3, -0.25) is 0 Å². The summed E-state index contributed by atoms with van der Waals surface area (Å²) in [5, 5.41) is 0. The SMILES string of the molecule is C=C1CCC2=C3C(=CC(C)(C)C=C2)CCN13. The fraction of sp³-hybridized carbons (Fsp3) is 0.467. The molecule has 1 heteroatoms. The van der Waals surface area contributed by atoms with Gasteiger partial charge in [0.15, 0.2) is 0 Å². The summed E-state index contributed by atoms with van der Waals surface area (Å²) in [5.41, 5.74) is 6.02. The molecule has 0 atom stereocenters. The fourth-order valence-corrected chi connectivity index (χ4v) is 2.98. The molecule has 2 aliphatic heterocycles. The molecule has 84 valence electrons. The molecule has 3 rings (SSSR count). The molecule has 1 aliphatic carbocycles. The lowest BCUT2D eigenvalue weighted by atomic mass is 9.91. The van der Waals surface area contributed by atoms with E-state index < -0.39 is 0 Å². The zero-order valence-corrected chi connectivity index (χ0v) is 10.2. The van der Waals surface area contributed by atoms with Gasteiger partial charge in [-0.25, -0.2) is 0 Å². The lowest BCUT2D eigenvalue weighted by Gasteiger charge is -2.29. The summed E-state index contributed by atoms with van der Waals surface area (Å²) in [6.45, 7) is 9.89. The van der Waals surface area contributed by atoms with Gasteiger partial charge in [0.1, 0.15) is 0 Å². The number of allylic oxidation sites excluding steroid dienone is 6. The Labute approximate surface area is 97.8 Å². The van der Waals surface area contributed by atoms with Crippen molar-refractivity contribution in [1.29, 1.82) is 0 Å². The predicted molar refractivity (Wildman–Crippen MR) is 67.7 cm³/mol. The Morgan fingerprint density at radius 1 is 1.25 bits per heavy atom. The van der Waals surface area contributed by atoms with Gasteiger partial charge in [-0.2, -0.15) is 0 Å². The molecule has 0 N–H and O–H groups in total. The summed E-state index contributed by atoms with van der Waals surface area (Å²) in [7, 11) is 0. The first-order valence-electron chi connectivity index (χ1n) is 6.17. The van der Waals surface area contributed by atoms with Gasteiger partial charge < -0.3 is 4.90 Å². The summed E-state index contributed by atoms with van der Waals surface area (Å²) < 4.78 is 0. The van der Waals surface area contributed by atoms with Crippen LogP contribution in [0.5, 0.6) is 0 Å². The number of nitrogens with zero attached hydrogens (tertiary/aromatic N) is 1. The Kier molecular flexibility index (Phi) is 1.95.